The van der Waals surface area contributed by atoms with Crippen molar-refractivity contribution in [2.75, 3.05) is 13.7 Å². The van der Waals surface area contributed by atoms with Crippen LogP contribution in [0.5, 0.6) is 5.75 Å². The van der Waals surface area contributed by atoms with Gasteiger partial charge in [0.05, 0.1) is 7.11 Å². The van der Waals surface area contributed by atoms with Crippen molar-refractivity contribution in [1.29, 1.82) is 0 Å². The third kappa shape index (κ3) is 4.26. The number of hydrogen-bond acceptors (Lipinski definition) is 2. The highest BCUT2D eigenvalue weighted by molar-refractivity contribution is 5.29. The van der Waals surface area contributed by atoms with Crippen LogP contribution in [-0.4, -0.2) is 25.9 Å². The molecule has 0 spiro atoms. The Labute approximate surface area is 98.8 Å². The molecule has 1 N–H and O–H groups in total. The Morgan fingerprint density at radius 3 is 2.59 bits per heavy atom. The standard InChI is InChI=1S/C12H16F3NO/c1-3-16-11(12(13,14)15)8-9-5-4-6-10(7-9)17-2/h4-7,11,16H,3,8H2,1-2H3. The van der Waals surface area contributed by atoms with Gasteiger partial charge in [-0.15, -0.1) is 0 Å². The van der Waals surface area contributed by atoms with E-state index < -0.39 is 12.2 Å². The molecule has 0 aromatic heterocycles. The van der Waals surface area contributed by atoms with Crippen molar-refractivity contribution in [3.05, 3.63) is 29.8 Å². The van der Waals surface area contributed by atoms with E-state index in [1.54, 1.807) is 31.2 Å². The lowest BCUT2D eigenvalue weighted by molar-refractivity contribution is -0.155. The van der Waals surface area contributed by atoms with Crippen LogP contribution in [0.25, 0.3) is 0 Å². The molecular weight excluding hydrogens is 231 g/mol. The van der Waals surface area contributed by atoms with Gasteiger partial charge in [0.2, 0.25) is 0 Å². The van der Waals surface area contributed by atoms with E-state index in [-0.39, 0.29) is 13.0 Å². The van der Waals surface area contributed by atoms with Crippen molar-refractivity contribution in [3.8, 4) is 5.75 Å². The molecule has 0 saturated carbocycles. The topological polar surface area (TPSA) is 21.3 Å². The Morgan fingerprint density at radius 1 is 1.35 bits per heavy atom. The van der Waals surface area contributed by atoms with Crippen LogP contribution in [-0.2, 0) is 6.42 Å². The van der Waals surface area contributed by atoms with Crippen LogP contribution in [0.15, 0.2) is 24.3 Å². The monoisotopic (exact) mass is 247 g/mol. The van der Waals surface area contributed by atoms with Crippen LogP contribution in [0, 0.1) is 0 Å². The van der Waals surface area contributed by atoms with E-state index in [0.29, 0.717) is 11.3 Å². The van der Waals surface area contributed by atoms with Crippen molar-refractivity contribution in [2.24, 2.45) is 0 Å². The van der Waals surface area contributed by atoms with Crippen LogP contribution in [0.2, 0.25) is 0 Å². The van der Waals surface area contributed by atoms with E-state index in [4.69, 9.17) is 4.74 Å². The molecule has 0 aliphatic heterocycles. The predicted octanol–water partition coefficient (Wildman–Crippen LogP) is 2.78. The molecule has 0 saturated heterocycles. The maximum Gasteiger partial charge on any atom is 0.404 e. The van der Waals surface area contributed by atoms with E-state index in [2.05, 4.69) is 5.32 Å². The molecular formula is C12H16F3NO. The summed E-state index contributed by atoms with van der Waals surface area (Å²) in [6.07, 6.45) is -4.33. The normalized spacial score (nSPS) is 13.5. The zero-order valence-corrected chi connectivity index (χ0v) is 9.84. The number of alkyl halides is 3. The number of methoxy groups -OCH3 is 1. The van der Waals surface area contributed by atoms with Gasteiger partial charge < -0.3 is 10.1 Å². The highest BCUT2D eigenvalue weighted by atomic mass is 19.4. The Bertz CT molecular complexity index is 352. The van der Waals surface area contributed by atoms with Gasteiger partial charge in [-0.1, -0.05) is 19.1 Å². The van der Waals surface area contributed by atoms with Gasteiger partial charge in [-0.05, 0) is 30.7 Å². The number of rotatable bonds is 5. The molecule has 1 aromatic rings. The summed E-state index contributed by atoms with van der Waals surface area (Å²) in [6, 6.07) is 5.17. The van der Waals surface area contributed by atoms with Gasteiger partial charge in [0.15, 0.2) is 0 Å². The predicted molar refractivity (Wildman–Crippen MR) is 60.2 cm³/mol. The van der Waals surface area contributed by atoms with Crippen LogP contribution in [0.3, 0.4) is 0 Å². The minimum absolute atomic E-state index is 0.0888. The summed E-state index contributed by atoms with van der Waals surface area (Å²) in [5, 5.41) is 2.44. The second kappa shape index (κ2) is 5.91. The number of hydrogen-bond donors (Lipinski definition) is 1. The summed E-state index contributed by atoms with van der Waals surface area (Å²) in [5.41, 5.74) is 0.604. The van der Waals surface area contributed by atoms with Crippen LogP contribution < -0.4 is 10.1 Å². The Morgan fingerprint density at radius 2 is 2.06 bits per heavy atom. The highest BCUT2D eigenvalue weighted by Crippen LogP contribution is 2.24. The highest BCUT2D eigenvalue weighted by Gasteiger charge is 2.38. The summed E-state index contributed by atoms with van der Waals surface area (Å²) in [6.45, 7) is 1.94. The average Bonchev–Trinajstić information content (AvgIpc) is 2.27. The smallest absolute Gasteiger partial charge is 0.404 e. The van der Waals surface area contributed by atoms with Gasteiger partial charge in [-0.2, -0.15) is 13.2 Å². The Hall–Kier alpha value is -1.23. The summed E-state index contributed by atoms with van der Waals surface area (Å²) < 4.78 is 43.0. The molecule has 1 atom stereocenters. The van der Waals surface area contributed by atoms with Crippen molar-refractivity contribution in [3.63, 3.8) is 0 Å². The third-order valence-electron chi connectivity index (χ3n) is 2.42. The van der Waals surface area contributed by atoms with Crippen LogP contribution in [0.4, 0.5) is 13.2 Å². The van der Waals surface area contributed by atoms with Crippen molar-refractivity contribution >= 4 is 0 Å². The van der Waals surface area contributed by atoms with Crippen LogP contribution >= 0.6 is 0 Å². The van der Waals surface area contributed by atoms with Gasteiger partial charge >= 0.3 is 6.18 Å². The average molecular weight is 247 g/mol. The summed E-state index contributed by atoms with van der Waals surface area (Å²) in [7, 11) is 1.49. The zero-order valence-electron chi connectivity index (χ0n) is 9.84. The molecule has 0 aliphatic rings. The summed E-state index contributed by atoms with van der Waals surface area (Å²) in [5.74, 6) is 0.569. The third-order valence-corrected chi connectivity index (χ3v) is 2.42. The number of benzene rings is 1. The van der Waals surface area contributed by atoms with E-state index in [0.717, 1.165) is 0 Å². The molecule has 0 fully saturated rings. The molecule has 5 heteroatoms. The van der Waals surface area contributed by atoms with Crippen LogP contribution in [0.1, 0.15) is 12.5 Å². The van der Waals surface area contributed by atoms with Crippen molar-refractivity contribution in [1.82, 2.24) is 5.32 Å². The molecule has 0 radical (unpaired) electrons. The minimum atomic E-state index is -4.24. The molecule has 0 heterocycles. The summed E-state index contributed by atoms with van der Waals surface area (Å²) in [4.78, 5) is 0. The van der Waals surface area contributed by atoms with E-state index >= 15 is 0 Å². The first-order valence-electron chi connectivity index (χ1n) is 5.40. The fourth-order valence-corrected chi connectivity index (χ4v) is 1.59. The number of nitrogens with one attached hydrogen (secondary N) is 1. The largest absolute Gasteiger partial charge is 0.497 e. The lowest BCUT2D eigenvalue weighted by Gasteiger charge is -2.21. The Balaban J connectivity index is 2.78. The fourth-order valence-electron chi connectivity index (χ4n) is 1.59. The molecule has 0 bridgehead atoms. The lowest BCUT2D eigenvalue weighted by Crippen LogP contribution is -2.43. The second-order valence-corrected chi connectivity index (χ2v) is 3.71. The van der Waals surface area contributed by atoms with Gasteiger partial charge in [-0.3, -0.25) is 0 Å². The number of ether oxygens (including phenoxy) is 1. The lowest BCUT2D eigenvalue weighted by atomic mass is 10.1. The van der Waals surface area contributed by atoms with Gasteiger partial charge in [-0.25, -0.2) is 0 Å². The number of halogens is 3. The fraction of sp³-hybridized carbons (Fsp3) is 0.500. The molecule has 0 amide bonds. The first kappa shape index (κ1) is 13.8. The molecule has 1 rings (SSSR count). The first-order chi connectivity index (χ1) is 7.97. The van der Waals surface area contributed by atoms with E-state index in [1.165, 1.54) is 7.11 Å². The molecule has 17 heavy (non-hydrogen) atoms. The van der Waals surface area contributed by atoms with E-state index in [9.17, 15) is 13.2 Å². The Kier molecular flexibility index (Phi) is 4.81. The summed E-state index contributed by atoms with van der Waals surface area (Å²) >= 11 is 0. The molecule has 2 nitrogen and oxygen atoms in total. The first-order valence-corrected chi connectivity index (χ1v) is 5.40. The maximum absolute atomic E-state index is 12.7. The SMILES string of the molecule is CCNC(Cc1cccc(OC)c1)C(F)(F)F. The van der Waals surface area contributed by atoms with E-state index in [1.807, 2.05) is 0 Å². The molecule has 1 unspecified atom stereocenters. The van der Waals surface area contributed by atoms with Gasteiger partial charge in [0.25, 0.3) is 0 Å². The zero-order chi connectivity index (χ0) is 12.9. The molecule has 1 aromatic carbocycles. The number of likely N-dealkylation sites (N-methyl/N-ethyl adjacent to an activating group) is 1. The van der Waals surface area contributed by atoms with Gasteiger partial charge in [0, 0.05) is 0 Å². The molecule has 96 valence electrons. The minimum Gasteiger partial charge on any atom is -0.497 e. The second-order valence-electron chi connectivity index (χ2n) is 3.71. The van der Waals surface area contributed by atoms with Crippen molar-refractivity contribution < 1.29 is 17.9 Å². The quantitative estimate of drug-likeness (QED) is 0.863. The maximum atomic E-state index is 12.7. The van der Waals surface area contributed by atoms with Crippen molar-refractivity contribution in [2.45, 2.75) is 25.6 Å². The van der Waals surface area contributed by atoms with Gasteiger partial charge in [0.1, 0.15) is 11.8 Å². The molecule has 0 aliphatic carbocycles.